The lowest BCUT2D eigenvalue weighted by Crippen LogP contribution is -2.26. The summed E-state index contributed by atoms with van der Waals surface area (Å²) >= 11 is 6.13. The summed E-state index contributed by atoms with van der Waals surface area (Å²) in [5.41, 5.74) is -0.572. The van der Waals surface area contributed by atoms with Gasteiger partial charge in [-0.05, 0) is 42.7 Å². The molecule has 0 saturated heterocycles. The number of benzene rings is 2. The largest absolute Gasteiger partial charge is 0.417 e. The van der Waals surface area contributed by atoms with Crippen molar-refractivity contribution in [2.45, 2.75) is 19.0 Å². The number of hydrogen-bond donors (Lipinski definition) is 0. The van der Waals surface area contributed by atoms with Gasteiger partial charge >= 0.3 is 6.18 Å². The summed E-state index contributed by atoms with van der Waals surface area (Å²) in [5.74, 6) is -0.557. The van der Waals surface area contributed by atoms with Crippen molar-refractivity contribution >= 4 is 23.0 Å². The number of anilines is 2. The van der Waals surface area contributed by atoms with Crippen LogP contribution in [-0.2, 0) is 12.6 Å². The molecule has 8 heteroatoms. The minimum Gasteiger partial charge on any atom is -0.339 e. The highest BCUT2D eigenvalue weighted by molar-refractivity contribution is 6.34. The fourth-order valence-corrected chi connectivity index (χ4v) is 3.46. The molecule has 132 valence electrons. The number of alkyl halides is 3. The Morgan fingerprint density at radius 3 is 2.46 bits per heavy atom. The molecule has 3 rings (SSSR count). The van der Waals surface area contributed by atoms with Crippen molar-refractivity contribution in [2.75, 3.05) is 11.4 Å². The van der Waals surface area contributed by atoms with Crippen molar-refractivity contribution in [1.29, 1.82) is 10.5 Å². The summed E-state index contributed by atoms with van der Waals surface area (Å²) in [5, 5.41) is 18.1. The molecule has 0 aromatic heterocycles. The Labute approximate surface area is 151 Å². The molecule has 0 bridgehead atoms. The van der Waals surface area contributed by atoms with Gasteiger partial charge in [0.15, 0.2) is 0 Å². The monoisotopic (exact) mass is 379 g/mol. The lowest BCUT2D eigenvalue weighted by Gasteiger charge is -2.33. The summed E-state index contributed by atoms with van der Waals surface area (Å²) < 4.78 is 52.9. The minimum absolute atomic E-state index is 0.0640. The van der Waals surface area contributed by atoms with Crippen molar-refractivity contribution in [3.8, 4) is 12.1 Å². The molecule has 2 aromatic rings. The first-order chi connectivity index (χ1) is 12.3. The average Bonchev–Trinajstić information content (AvgIpc) is 2.59. The first-order valence-electron chi connectivity index (χ1n) is 7.57. The zero-order valence-corrected chi connectivity index (χ0v) is 13.9. The maximum Gasteiger partial charge on any atom is 0.417 e. The second kappa shape index (κ2) is 6.51. The smallest absolute Gasteiger partial charge is 0.339 e. The van der Waals surface area contributed by atoms with Crippen molar-refractivity contribution in [3.63, 3.8) is 0 Å². The molecule has 0 fully saturated rings. The Morgan fingerprint density at radius 2 is 1.85 bits per heavy atom. The van der Waals surface area contributed by atoms with E-state index in [-0.39, 0.29) is 16.3 Å². The van der Waals surface area contributed by atoms with E-state index in [0.29, 0.717) is 30.6 Å². The standard InChI is InChI=1S/C18H10ClF4N3/c19-16-13(9-25)14(18(21,22)23)3-4-15(16)26-5-1-2-10-6-12(20)7-11(8-24)17(10)26/h3-4,6-7H,1-2,5H2. The molecule has 26 heavy (non-hydrogen) atoms. The lowest BCUT2D eigenvalue weighted by molar-refractivity contribution is -0.137. The fourth-order valence-electron chi connectivity index (χ4n) is 3.15. The average molecular weight is 380 g/mol. The van der Waals surface area contributed by atoms with Crippen LogP contribution >= 0.6 is 11.6 Å². The van der Waals surface area contributed by atoms with Gasteiger partial charge in [-0.25, -0.2) is 4.39 Å². The number of rotatable bonds is 1. The van der Waals surface area contributed by atoms with Gasteiger partial charge in [0.2, 0.25) is 0 Å². The van der Waals surface area contributed by atoms with E-state index in [4.69, 9.17) is 16.9 Å². The summed E-state index contributed by atoms with van der Waals surface area (Å²) in [4.78, 5) is 1.57. The SMILES string of the molecule is N#Cc1cc(F)cc2c1N(c1ccc(C(F)(F)F)c(C#N)c1Cl)CCC2. The number of aryl methyl sites for hydroxylation is 1. The van der Waals surface area contributed by atoms with E-state index in [0.717, 1.165) is 12.1 Å². The number of fused-ring (bicyclic) bond motifs is 1. The quantitative estimate of drug-likeness (QED) is 0.629. The third-order valence-electron chi connectivity index (χ3n) is 4.20. The van der Waals surface area contributed by atoms with Crippen molar-refractivity contribution in [1.82, 2.24) is 0 Å². The van der Waals surface area contributed by atoms with Crippen LogP contribution in [-0.4, -0.2) is 6.54 Å². The van der Waals surface area contributed by atoms with E-state index in [1.807, 2.05) is 6.07 Å². The number of nitrogens with zero attached hydrogens (tertiary/aromatic N) is 3. The van der Waals surface area contributed by atoms with Crippen LogP contribution in [0.4, 0.5) is 28.9 Å². The van der Waals surface area contributed by atoms with E-state index in [9.17, 15) is 22.8 Å². The first kappa shape index (κ1) is 18.0. The van der Waals surface area contributed by atoms with Crippen LogP contribution in [0.1, 0.15) is 28.7 Å². The molecule has 0 spiro atoms. The first-order valence-corrected chi connectivity index (χ1v) is 7.95. The summed E-state index contributed by atoms with van der Waals surface area (Å²) in [6.45, 7) is 0.378. The molecular weight excluding hydrogens is 370 g/mol. The summed E-state index contributed by atoms with van der Waals surface area (Å²) in [6.07, 6.45) is -3.59. The molecule has 0 amide bonds. The van der Waals surface area contributed by atoms with Crippen LogP contribution in [0.25, 0.3) is 0 Å². The van der Waals surface area contributed by atoms with E-state index < -0.39 is 23.1 Å². The molecule has 0 radical (unpaired) electrons. The summed E-state index contributed by atoms with van der Waals surface area (Å²) in [7, 11) is 0. The van der Waals surface area contributed by atoms with Crippen LogP contribution in [0.5, 0.6) is 0 Å². The lowest BCUT2D eigenvalue weighted by atomic mass is 9.96. The molecule has 0 aliphatic carbocycles. The predicted octanol–water partition coefficient (Wildman–Crippen LogP) is 5.33. The Morgan fingerprint density at radius 1 is 1.12 bits per heavy atom. The third-order valence-corrected chi connectivity index (χ3v) is 4.58. The van der Waals surface area contributed by atoms with E-state index >= 15 is 0 Å². The molecule has 0 saturated carbocycles. The number of halogens is 5. The van der Waals surface area contributed by atoms with Gasteiger partial charge in [-0.3, -0.25) is 0 Å². The molecule has 2 aromatic carbocycles. The van der Waals surface area contributed by atoms with Gasteiger partial charge in [-0.1, -0.05) is 11.6 Å². The zero-order chi connectivity index (χ0) is 19.1. The highest BCUT2D eigenvalue weighted by Crippen LogP contribution is 2.44. The molecule has 0 atom stereocenters. The Kier molecular flexibility index (Phi) is 4.52. The minimum atomic E-state index is -4.71. The highest BCUT2D eigenvalue weighted by atomic mass is 35.5. The second-order valence-electron chi connectivity index (χ2n) is 5.76. The molecule has 0 N–H and O–H groups in total. The highest BCUT2D eigenvalue weighted by Gasteiger charge is 2.36. The van der Waals surface area contributed by atoms with Crippen molar-refractivity contribution < 1.29 is 17.6 Å². The van der Waals surface area contributed by atoms with Crippen LogP contribution < -0.4 is 4.90 Å². The third kappa shape index (κ3) is 2.95. The van der Waals surface area contributed by atoms with Gasteiger partial charge in [-0.15, -0.1) is 0 Å². The van der Waals surface area contributed by atoms with E-state index in [2.05, 4.69) is 0 Å². The van der Waals surface area contributed by atoms with Gasteiger partial charge in [-0.2, -0.15) is 23.7 Å². The van der Waals surface area contributed by atoms with Crippen LogP contribution in [0.15, 0.2) is 24.3 Å². The van der Waals surface area contributed by atoms with Crippen LogP contribution in [0.2, 0.25) is 5.02 Å². The van der Waals surface area contributed by atoms with Gasteiger partial charge in [0, 0.05) is 6.54 Å². The van der Waals surface area contributed by atoms with Gasteiger partial charge in [0.05, 0.1) is 33.1 Å². The van der Waals surface area contributed by atoms with Crippen molar-refractivity contribution in [3.05, 3.63) is 57.4 Å². The second-order valence-corrected chi connectivity index (χ2v) is 6.14. The van der Waals surface area contributed by atoms with Crippen LogP contribution in [0.3, 0.4) is 0 Å². The number of nitriles is 2. The molecule has 1 aliphatic rings. The molecule has 1 aliphatic heterocycles. The van der Waals surface area contributed by atoms with E-state index in [1.165, 1.54) is 18.2 Å². The molecule has 3 nitrogen and oxygen atoms in total. The van der Waals surface area contributed by atoms with E-state index in [1.54, 1.807) is 4.90 Å². The maximum atomic E-state index is 13.7. The van der Waals surface area contributed by atoms with Gasteiger partial charge in [0.1, 0.15) is 18.0 Å². The topological polar surface area (TPSA) is 50.8 Å². The van der Waals surface area contributed by atoms with Crippen molar-refractivity contribution in [2.24, 2.45) is 0 Å². The Bertz CT molecular complexity index is 970. The maximum absolute atomic E-state index is 13.7. The Hall–Kier alpha value is -2.77. The summed E-state index contributed by atoms with van der Waals surface area (Å²) in [6, 6.07) is 7.75. The zero-order valence-electron chi connectivity index (χ0n) is 13.2. The predicted molar refractivity (Wildman–Crippen MR) is 87.6 cm³/mol. The molecular formula is C18H10ClF4N3. The molecule has 0 unspecified atom stereocenters. The van der Waals surface area contributed by atoms with Crippen LogP contribution in [0, 0.1) is 28.5 Å². The number of hydrogen-bond acceptors (Lipinski definition) is 3. The molecule has 1 heterocycles. The van der Waals surface area contributed by atoms with Gasteiger partial charge in [0.25, 0.3) is 0 Å². The van der Waals surface area contributed by atoms with Gasteiger partial charge < -0.3 is 4.90 Å². The fraction of sp³-hybridized carbons (Fsp3) is 0.222. The Balaban J connectivity index is 2.23. The normalized spacial score (nSPS) is 13.7.